The van der Waals surface area contributed by atoms with E-state index in [0.717, 1.165) is 18.7 Å². The predicted octanol–water partition coefficient (Wildman–Crippen LogP) is 0.844. The fourth-order valence-corrected chi connectivity index (χ4v) is 4.93. The Bertz CT molecular complexity index is 603. The zero-order valence-corrected chi connectivity index (χ0v) is 12.6. The normalized spacial score (nSPS) is 26.7. The van der Waals surface area contributed by atoms with Crippen molar-refractivity contribution >= 4 is 10.0 Å². The van der Waals surface area contributed by atoms with Gasteiger partial charge in [0.15, 0.2) is 0 Å². The zero-order chi connectivity index (χ0) is 14.3. The van der Waals surface area contributed by atoms with E-state index in [0.29, 0.717) is 30.7 Å². The van der Waals surface area contributed by atoms with E-state index in [-0.39, 0.29) is 4.90 Å². The van der Waals surface area contributed by atoms with Gasteiger partial charge in [-0.25, -0.2) is 8.42 Å². The highest BCUT2D eigenvalue weighted by Gasteiger charge is 2.42. The molecule has 1 N–H and O–H groups in total. The predicted molar refractivity (Wildman–Crippen MR) is 76.3 cm³/mol. The minimum Gasteiger partial charge on any atom is -0.495 e. The van der Waals surface area contributed by atoms with Gasteiger partial charge in [-0.1, -0.05) is 6.07 Å². The Balaban J connectivity index is 1.94. The molecule has 2 heterocycles. The average molecular weight is 296 g/mol. The van der Waals surface area contributed by atoms with Crippen molar-refractivity contribution in [3.63, 3.8) is 0 Å². The molecule has 0 amide bonds. The van der Waals surface area contributed by atoms with Gasteiger partial charge < -0.3 is 10.1 Å². The molecule has 2 fully saturated rings. The summed E-state index contributed by atoms with van der Waals surface area (Å²) < 4.78 is 32.5. The second-order valence-corrected chi connectivity index (χ2v) is 7.56. The molecule has 0 radical (unpaired) electrons. The van der Waals surface area contributed by atoms with E-state index in [4.69, 9.17) is 4.74 Å². The summed E-state index contributed by atoms with van der Waals surface area (Å²) in [6, 6.07) is 5.28. The van der Waals surface area contributed by atoms with Gasteiger partial charge in [-0.15, -0.1) is 0 Å². The highest BCUT2D eigenvalue weighted by atomic mass is 32.2. The van der Waals surface area contributed by atoms with Crippen LogP contribution in [0.5, 0.6) is 5.75 Å². The van der Waals surface area contributed by atoms with Crippen LogP contribution in [0.3, 0.4) is 0 Å². The Kier molecular flexibility index (Phi) is 3.48. The van der Waals surface area contributed by atoms with E-state index >= 15 is 0 Å². The van der Waals surface area contributed by atoms with Crippen LogP contribution in [0.4, 0.5) is 0 Å². The number of rotatable bonds is 3. The van der Waals surface area contributed by atoms with E-state index in [1.165, 1.54) is 7.11 Å². The molecule has 2 atom stereocenters. The van der Waals surface area contributed by atoms with Crippen molar-refractivity contribution < 1.29 is 13.2 Å². The molecule has 0 aliphatic carbocycles. The van der Waals surface area contributed by atoms with Gasteiger partial charge in [-0.3, -0.25) is 0 Å². The van der Waals surface area contributed by atoms with Gasteiger partial charge in [-0.2, -0.15) is 4.31 Å². The fraction of sp³-hybridized carbons (Fsp3) is 0.571. The summed E-state index contributed by atoms with van der Waals surface area (Å²) in [7, 11) is -1.96. The molecule has 2 aliphatic heterocycles. The van der Waals surface area contributed by atoms with Crippen molar-refractivity contribution in [1.82, 2.24) is 9.62 Å². The van der Waals surface area contributed by atoms with Gasteiger partial charge in [0.2, 0.25) is 10.0 Å². The SMILES string of the molecule is COc1ccc(C)cc1S(=O)(=O)N1CC2CNCC2C1. The van der Waals surface area contributed by atoms with Crippen LogP contribution < -0.4 is 10.1 Å². The minimum atomic E-state index is -3.47. The lowest BCUT2D eigenvalue weighted by Crippen LogP contribution is -2.32. The van der Waals surface area contributed by atoms with Crippen LogP contribution in [0.1, 0.15) is 5.56 Å². The summed E-state index contributed by atoms with van der Waals surface area (Å²) in [6.07, 6.45) is 0. The first-order chi connectivity index (χ1) is 9.52. The molecule has 1 aromatic rings. The van der Waals surface area contributed by atoms with Gasteiger partial charge >= 0.3 is 0 Å². The third-order valence-electron chi connectivity index (χ3n) is 4.29. The lowest BCUT2D eigenvalue weighted by Gasteiger charge is -2.19. The Morgan fingerprint density at radius 1 is 1.25 bits per heavy atom. The van der Waals surface area contributed by atoms with Crippen LogP contribution in [0.25, 0.3) is 0 Å². The van der Waals surface area contributed by atoms with Gasteiger partial charge in [-0.05, 0) is 49.5 Å². The highest BCUT2D eigenvalue weighted by molar-refractivity contribution is 7.89. The van der Waals surface area contributed by atoms with Crippen LogP contribution in [0.15, 0.2) is 23.1 Å². The zero-order valence-electron chi connectivity index (χ0n) is 11.8. The third-order valence-corrected chi connectivity index (χ3v) is 6.15. The van der Waals surface area contributed by atoms with Crippen LogP contribution in [0.2, 0.25) is 0 Å². The van der Waals surface area contributed by atoms with E-state index < -0.39 is 10.0 Å². The summed E-state index contributed by atoms with van der Waals surface area (Å²) in [4.78, 5) is 0.285. The van der Waals surface area contributed by atoms with Gasteiger partial charge in [0.25, 0.3) is 0 Å². The molecule has 2 unspecified atom stereocenters. The number of aryl methyl sites for hydroxylation is 1. The van der Waals surface area contributed by atoms with Crippen LogP contribution in [0, 0.1) is 18.8 Å². The number of ether oxygens (including phenoxy) is 1. The number of sulfonamides is 1. The Hall–Kier alpha value is -1.11. The van der Waals surface area contributed by atoms with Crippen molar-refractivity contribution in [2.75, 3.05) is 33.3 Å². The molecule has 5 nitrogen and oxygen atoms in total. The van der Waals surface area contributed by atoms with Crippen molar-refractivity contribution in [3.8, 4) is 5.75 Å². The van der Waals surface area contributed by atoms with E-state index in [1.54, 1.807) is 16.4 Å². The molecule has 2 saturated heterocycles. The topological polar surface area (TPSA) is 58.6 Å². The fourth-order valence-electron chi connectivity index (χ4n) is 3.13. The van der Waals surface area contributed by atoms with Gasteiger partial charge in [0.1, 0.15) is 10.6 Å². The number of hydrogen-bond acceptors (Lipinski definition) is 4. The average Bonchev–Trinajstić information content (AvgIpc) is 2.99. The monoisotopic (exact) mass is 296 g/mol. The molecule has 3 rings (SSSR count). The molecule has 110 valence electrons. The summed E-state index contributed by atoms with van der Waals surface area (Å²) in [5.74, 6) is 1.31. The maximum absolute atomic E-state index is 12.8. The van der Waals surface area contributed by atoms with Crippen LogP contribution in [-0.4, -0.2) is 46.0 Å². The molecular weight excluding hydrogens is 276 g/mol. The third kappa shape index (κ3) is 2.21. The maximum Gasteiger partial charge on any atom is 0.246 e. The first-order valence-electron chi connectivity index (χ1n) is 6.88. The second-order valence-electron chi connectivity index (χ2n) is 5.65. The minimum absolute atomic E-state index is 0.285. The molecule has 0 aromatic heterocycles. The van der Waals surface area contributed by atoms with Crippen molar-refractivity contribution in [3.05, 3.63) is 23.8 Å². The first kappa shape index (κ1) is 13.9. The van der Waals surface area contributed by atoms with Crippen molar-refractivity contribution in [2.24, 2.45) is 11.8 Å². The summed E-state index contributed by atoms with van der Waals surface area (Å²) in [5.41, 5.74) is 0.922. The molecule has 20 heavy (non-hydrogen) atoms. The highest BCUT2D eigenvalue weighted by Crippen LogP contribution is 2.34. The molecule has 0 spiro atoms. The Morgan fingerprint density at radius 2 is 1.90 bits per heavy atom. The standard InChI is InChI=1S/C14H20N2O3S/c1-10-3-4-13(19-2)14(5-10)20(17,18)16-8-11-6-15-7-12(11)9-16/h3-5,11-12,15H,6-9H2,1-2H3. The molecule has 0 bridgehead atoms. The number of benzene rings is 1. The Labute approximate surface area is 120 Å². The van der Waals surface area contributed by atoms with Crippen molar-refractivity contribution in [2.45, 2.75) is 11.8 Å². The first-order valence-corrected chi connectivity index (χ1v) is 8.32. The van der Waals surface area contributed by atoms with E-state index in [1.807, 2.05) is 13.0 Å². The smallest absolute Gasteiger partial charge is 0.246 e. The lowest BCUT2D eigenvalue weighted by atomic mass is 10.0. The van der Waals surface area contributed by atoms with E-state index in [2.05, 4.69) is 5.32 Å². The number of nitrogens with zero attached hydrogens (tertiary/aromatic N) is 1. The van der Waals surface area contributed by atoms with Gasteiger partial charge in [0.05, 0.1) is 7.11 Å². The molecule has 6 heteroatoms. The number of hydrogen-bond donors (Lipinski definition) is 1. The molecule has 2 aliphatic rings. The van der Waals surface area contributed by atoms with E-state index in [9.17, 15) is 8.42 Å². The molecule has 1 aromatic carbocycles. The largest absolute Gasteiger partial charge is 0.495 e. The lowest BCUT2D eigenvalue weighted by molar-refractivity contribution is 0.396. The number of nitrogens with one attached hydrogen (secondary N) is 1. The number of methoxy groups -OCH3 is 1. The van der Waals surface area contributed by atoms with Crippen molar-refractivity contribution in [1.29, 1.82) is 0 Å². The quantitative estimate of drug-likeness (QED) is 0.898. The second kappa shape index (κ2) is 5.02. The maximum atomic E-state index is 12.8. The molecular formula is C14H20N2O3S. The summed E-state index contributed by atoms with van der Waals surface area (Å²) in [6.45, 7) is 4.94. The van der Waals surface area contributed by atoms with Gasteiger partial charge in [0, 0.05) is 13.1 Å². The van der Waals surface area contributed by atoms with Crippen LogP contribution >= 0.6 is 0 Å². The Morgan fingerprint density at radius 3 is 2.50 bits per heavy atom. The number of fused-ring (bicyclic) bond motifs is 1. The van der Waals surface area contributed by atoms with Crippen LogP contribution in [-0.2, 0) is 10.0 Å². The summed E-state index contributed by atoms with van der Waals surface area (Å²) >= 11 is 0. The summed E-state index contributed by atoms with van der Waals surface area (Å²) in [5, 5.41) is 3.32. The molecule has 0 saturated carbocycles.